The summed E-state index contributed by atoms with van der Waals surface area (Å²) >= 11 is 5.81. The molecule has 2 aromatic rings. The Labute approximate surface area is 155 Å². The van der Waals surface area contributed by atoms with Crippen molar-refractivity contribution >= 4 is 33.2 Å². The zero-order valence-corrected chi connectivity index (χ0v) is 15.2. The van der Waals surface area contributed by atoms with E-state index in [9.17, 15) is 17.6 Å². The van der Waals surface area contributed by atoms with E-state index in [1.807, 2.05) is 0 Å². The largest absolute Gasteiger partial charge is 0.378 e. The van der Waals surface area contributed by atoms with E-state index in [1.165, 1.54) is 12.1 Å². The van der Waals surface area contributed by atoms with Crippen molar-refractivity contribution in [3.8, 4) is 0 Å². The molecule has 2 aromatic carbocycles. The number of rotatable bonds is 4. The van der Waals surface area contributed by atoms with Gasteiger partial charge >= 0.3 is 0 Å². The average molecular weight is 399 g/mol. The lowest BCUT2D eigenvalue weighted by Gasteiger charge is -2.26. The second-order valence-corrected chi connectivity index (χ2v) is 7.72. The number of amides is 1. The van der Waals surface area contributed by atoms with E-state index in [-0.39, 0.29) is 21.5 Å². The fourth-order valence-corrected chi connectivity index (χ4v) is 4.12. The molecule has 0 aromatic heterocycles. The van der Waals surface area contributed by atoms with Gasteiger partial charge in [0.2, 0.25) is 0 Å². The van der Waals surface area contributed by atoms with Crippen LogP contribution in [0.4, 0.5) is 10.1 Å². The summed E-state index contributed by atoms with van der Waals surface area (Å²) in [7, 11) is -3.97. The first-order valence-electron chi connectivity index (χ1n) is 7.82. The lowest BCUT2D eigenvalue weighted by atomic mass is 10.2. The molecule has 0 atom stereocenters. The second kappa shape index (κ2) is 7.61. The Kier molecular flexibility index (Phi) is 5.45. The van der Waals surface area contributed by atoms with Crippen molar-refractivity contribution in [3.63, 3.8) is 0 Å². The van der Waals surface area contributed by atoms with Crippen molar-refractivity contribution in [2.24, 2.45) is 0 Å². The van der Waals surface area contributed by atoms with Gasteiger partial charge in [-0.1, -0.05) is 11.6 Å². The van der Waals surface area contributed by atoms with Crippen LogP contribution in [-0.4, -0.2) is 45.5 Å². The third-order valence-electron chi connectivity index (χ3n) is 3.87. The normalized spacial score (nSPS) is 14.9. The maximum Gasteiger partial charge on any atom is 0.263 e. The van der Waals surface area contributed by atoms with Crippen molar-refractivity contribution in [2.75, 3.05) is 31.0 Å². The molecule has 1 aliphatic rings. The van der Waals surface area contributed by atoms with Gasteiger partial charge in [-0.05, 0) is 42.5 Å². The summed E-state index contributed by atoms with van der Waals surface area (Å²) in [5, 5.41) is -0.211. The van der Waals surface area contributed by atoms with Gasteiger partial charge in [0.1, 0.15) is 10.7 Å². The molecular formula is C17H16ClFN2O4S. The lowest BCUT2D eigenvalue weighted by Crippen LogP contribution is -2.40. The van der Waals surface area contributed by atoms with Crippen LogP contribution in [0.1, 0.15) is 10.4 Å². The van der Waals surface area contributed by atoms with E-state index in [2.05, 4.69) is 4.72 Å². The van der Waals surface area contributed by atoms with E-state index in [4.69, 9.17) is 16.3 Å². The third-order valence-corrected chi connectivity index (χ3v) is 5.73. The number of carbonyl (C=O) groups is 1. The first-order chi connectivity index (χ1) is 12.4. The van der Waals surface area contributed by atoms with Crippen LogP contribution in [0.15, 0.2) is 47.4 Å². The molecule has 0 saturated carbocycles. The molecule has 138 valence electrons. The number of hydrogen-bond acceptors (Lipinski definition) is 4. The van der Waals surface area contributed by atoms with Gasteiger partial charge in [-0.15, -0.1) is 0 Å². The number of nitrogens with zero attached hydrogens (tertiary/aromatic N) is 1. The Bertz CT molecular complexity index is 913. The highest BCUT2D eigenvalue weighted by molar-refractivity contribution is 7.92. The Balaban J connectivity index is 1.75. The molecule has 0 radical (unpaired) electrons. The van der Waals surface area contributed by atoms with E-state index in [1.54, 1.807) is 17.0 Å². The van der Waals surface area contributed by atoms with Crippen LogP contribution < -0.4 is 4.72 Å². The van der Waals surface area contributed by atoms with Gasteiger partial charge in [-0.2, -0.15) is 0 Å². The van der Waals surface area contributed by atoms with Gasteiger partial charge in [0.15, 0.2) is 0 Å². The summed E-state index contributed by atoms with van der Waals surface area (Å²) in [6.45, 7) is 2.05. The van der Waals surface area contributed by atoms with Gasteiger partial charge in [0.05, 0.1) is 18.2 Å². The Hall–Kier alpha value is -2.16. The van der Waals surface area contributed by atoms with Crippen molar-refractivity contribution in [1.29, 1.82) is 0 Å². The highest BCUT2D eigenvalue weighted by Gasteiger charge is 2.20. The average Bonchev–Trinajstić information content (AvgIpc) is 2.62. The summed E-state index contributed by atoms with van der Waals surface area (Å²) < 4.78 is 45.5. The quantitative estimate of drug-likeness (QED) is 0.859. The minimum Gasteiger partial charge on any atom is -0.378 e. The first-order valence-corrected chi connectivity index (χ1v) is 9.68. The number of ether oxygens (including phenoxy) is 1. The second-order valence-electron chi connectivity index (χ2n) is 5.66. The van der Waals surface area contributed by atoms with E-state index < -0.39 is 15.8 Å². The molecule has 1 N–H and O–H groups in total. The van der Waals surface area contributed by atoms with Gasteiger partial charge in [0.25, 0.3) is 15.9 Å². The molecule has 1 amide bonds. The van der Waals surface area contributed by atoms with Crippen LogP contribution in [0, 0.1) is 5.82 Å². The van der Waals surface area contributed by atoms with Gasteiger partial charge in [-0.3, -0.25) is 9.52 Å². The number of anilines is 1. The molecule has 1 heterocycles. The number of hydrogen-bond donors (Lipinski definition) is 1. The predicted molar refractivity (Wildman–Crippen MR) is 95.4 cm³/mol. The highest BCUT2D eigenvalue weighted by atomic mass is 35.5. The molecule has 1 fully saturated rings. The molecular weight excluding hydrogens is 383 g/mol. The summed E-state index contributed by atoms with van der Waals surface area (Å²) in [5.74, 6) is -0.760. The van der Waals surface area contributed by atoms with Crippen LogP contribution in [0.5, 0.6) is 0 Å². The number of carbonyl (C=O) groups excluding carboxylic acids is 1. The third kappa shape index (κ3) is 4.14. The standard InChI is InChI=1S/C17H16ClFN2O4S/c18-15-11-13(19)3-6-16(15)26(23,24)20-14-4-1-12(2-5-14)17(22)21-7-9-25-10-8-21/h1-6,11,20H,7-10H2. The number of morpholine rings is 1. The molecule has 0 aliphatic carbocycles. The Morgan fingerprint density at radius 3 is 2.38 bits per heavy atom. The summed E-state index contributed by atoms with van der Waals surface area (Å²) in [6, 6.07) is 9.11. The van der Waals surface area contributed by atoms with Crippen LogP contribution in [0.2, 0.25) is 5.02 Å². The van der Waals surface area contributed by atoms with Gasteiger partial charge in [0, 0.05) is 24.3 Å². The Morgan fingerprint density at radius 2 is 1.77 bits per heavy atom. The van der Waals surface area contributed by atoms with Gasteiger partial charge in [-0.25, -0.2) is 12.8 Å². The monoisotopic (exact) mass is 398 g/mol. The van der Waals surface area contributed by atoms with E-state index >= 15 is 0 Å². The zero-order chi connectivity index (χ0) is 18.7. The summed E-state index contributed by atoms with van der Waals surface area (Å²) in [4.78, 5) is 13.8. The van der Waals surface area contributed by atoms with Crippen LogP contribution in [0.3, 0.4) is 0 Å². The minimum absolute atomic E-state index is 0.135. The smallest absolute Gasteiger partial charge is 0.263 e. The molecule has 3 rings (SSSR count). The summed E-state index contributed by atoms with van der Waals surface area (Å²) in [6.07, 6.45) is 0. The molecule has 1 saturated heterocycles. The SMILES string of the molecule is O=C(c1ccc(NS(=O)(=O)c2ccc(F)cc2Cl)cc1)N1CCOCC1. The summed E-state index contributed by atoms with van der Waals surface area (Å²) in [5.41, 5.74) is 0.721. The molecule has 1 aliphatic heterocycles. The number of benzene rings is 2. The molecule has 0 bridgehead atoms. The van der Waals surface area contributed by atoms with Crippen molar-refractivity contribution in [2.45, 2.75) is 4.90 Å². The molecule has 0 unspecified atom stereocenters. The molecule has 6 nitrogen and oxygen atoms in total. The van der Waals surface area contributed by atoms with Gasteiger partial charge < -0.3 is 9.64 Å². The minimum atomic E-state index is -3.97. The maximum absolute atomic E-state index is 13.1. The number of halogens is 2. The van der Waals surface area contributed by atoms with Crippen LogP contribution in [-0.2, 0) is 14.8 Å². The lowest BCUT2D eigenvalue weighted by molar-refractivity contribution is 0.0303. The maximum atomic E-state index is 13.1. The topological polar surface area (TPSA) is 75.7 Å². The van der Waals surface area contributed by atoms with Crippen molar-refractivity contribution < 1.29 is 22.3 Å². The van der Waals surface area contributed by atoms with Crippen molar-refractivity contribution in [3.05, 3.63) is 58.9 Å². The predicted octanol–water partition coefficient (Wildman–Crippen LogP) is 2.75. The Morgan fingerprint density at radius 1 is 1.12 bits per heavy atom. The number of sulfonamides is 1. The fraction of sp³-hybridized carbons (Fsp3) is 0.235. The van der Waals surface area contributed by atoms with E-state index in [0.717, 1.165) is 18.2 Å². The first kappa shape index (κ1) is 18.6. The zero-order valence-electron chi connectivity index (χ0n) is 13.6. The fourth-order valence-electron chi connectivity index (χ4n) is 2.53. The van der Waals surface area contributed by atoms with Crippen LogP contribution in [0.25, 0.3) is 0 Å². The van der Waals surface area contributed by atoms with Crippen LogP contribution >= 0.6 is 11.6 Å². The molecule has 0 spiro atoms. The highest BCUT2D eigenvalue weighted by Crippen LogP contribution is 2.24. The molecule has 26 heavy (non-hydrogen) atoms. The molecule has 9 heteroatoms. The number of nitrogens with one attached hydrogen (secondary N) is 1. The van der Waals surface area contributed by atoms with E-state index in [0.29, 0.717) is 31.9 Å². The van der Waals surface area contributed by atoms with Crippen molar-refractivity contribution in [1.82, 2.24) is 4.90 Å².